The van der Waals surface area contributed by atoms with Gasteiger partial charge in [0, 0.05) is 49.4 Å². The molecule has 40 heavy (non-hydrogen) atoms. The molecule has 8 nitrogen and oxygen atoms in total. The SMILES string of the molecule is CC(F)(F)C(F)(F)CCC(=O)C1C2CC3C(OC(=O)C31)C2OC(=O)CC1OC2(OC1=O)C1CC3CC(C1)CC2C3. The number of alkyl halides is 4. The van der Waals surface area contributed by atoms with Gasteiger partial charge in [0.2, 0.25) is 5.79 Å². The number of ether oxygens (including phenoxy) is 4. The first-order valence-corrected chi connectivity index (χ1v) is 14.4. The van der Waals surface area contributed by atoms with Crippen LogP contribution in [0.25, 0.3) is 0 Å². The first-order valence-electron chi connectivity index (χ1n) is 14.4. The number of halogens is 4. The Morgan fingerprint density at radius 2 is 1.60 bits per heavy atom. The maximum Gasteiger partial charge on any atom is 0.338 e. The quantitative estimate of drug-likeness (QED) is 0.246. The molecule has 8 rings (SSSR count). The summed E-state index contributed by atoms with van der Waals surface area (Å²) in [6, 6.07) is 0. The average Bonchev–Trinajstić information content (AvgIpc) is 3.56. The molecule has 6 aliphatic carbocycles. The van der Waals surface area contributed by atoms with E-state index < -0.39 is 103 Å². The maximum atomic E-state index is 13.8. The van der Waals surface area contributed by atoms with Gasteiger partial charge in [-0.2, -0.15) is 8.78 Å². The normalized spacial score (nSPS) is 46.3. The van der Waals surface area contributed by atoms with Crippen molar-refractivity contribution in [2.24, 2.45) is 47.3 Å². The minimum absolute atomic E-state index is 0.0954. The van der Waals surface area contributed by atoms with Crippen LogP contribution in [0.2, 0.25) is 0 Å². The maximum absolute atomic E-state index is 13.8. The van der Waals surface area contributed by atoms with E-state index in [4.69, 9.17) is 18.9 Å². The van der Waals surface area contributed by atoms with Gasteiger partial charge in [-0.1, -0.05) is 0 Å². The topological polar surface area (TPSA) is 105 Å². The van der Waals surface area contributed by atoms with Gasteiger partial charge in [-0.05, 0) is 50.4 Å². The number of esters is 3. The van der Waals surface area contributed by atoms with Crippen LogP contribution in [-0.2, 0) is 38.1 Å². The summed E-state index contributed by atoms with van der Waals surface area (Å²) in [5.41, 5.74) is 0. The molecule has 12 heteroatoms. The molecule has 220 valence electrons. The Kier molecular flexibility index (Phi) is 5.76. The Balaban J connectivity index is 1.01. The summed E-state index contributed by atoms with van der Waals surface area (Å²) in [6.07, 6.45) is -0.215. The number of fused-ring (bicyclic) bond motifs is 1. The van der Waals surface area contributed by atoms with Crippen molar-refractivity contribution in [1.29, 1.82) is 0 Å². The van der Waals surface area contributed by atoms with E-state index in [0.717, 1.165) is 25.7 Å². The van der Waals surface area contributed by atoms with Crippen LogP contribution in [0.3, 0.4) is 0 Å². The lowest BCUT2D eigenvalue weighted by molar-refractivity contribution is -0.290. The minimum Gasteiger partial charge on any atom is -0.458 e. The van der Waals surface area contributed by atoms with Gasteiger partial charge in [0.25, 0.3) is 0 Å². The lowest BCUT2D eigenvalue weighted by Crippen LogP contribution is -2.58. The van der Waals surface area contributed by atoms with Crippen LogP contribution < -0.4 is 0 Å². The van der Waals surface area contributed by atoms with E-state index in [0.29, 0.717) is 18.3 Å². The van der Waals surface area contributed by atoms with Crippen molar-refractivity contribution in [3.05, 3.63) is 0 Å². The molecule has 2 aliphatic heterocycles. The van der Waals surface area contributed by atoms with Crippen molar-refractivity contribution in [1.82, 2.24) is 0 Å². The fourth-order valence-electron chi connectivity index (χ4n) is 9.45. The van der Waals surface area contributed by atoms with Crippen LogP contribution in [0.15, 0.2) is 0 Å². The van der Waals surface area contributed by atoms with E-state index in [9.17, 15) is 36.7 Å². The molecule has 0 radical (unpaired) electrons. The molecular weight excluding hydrogens is 540 g/mol. The minimum atomic E-state index is -4.38. The second-order valence-electron chi connectivity index (χ2n) is 13.3. The van der Waals surface area contributed by atoms with Crippen molar-refractivity contribution in [2.45, 2.75) is 101 Å². The Morgan fingerprint density at radius 1 is 0.950 bits per heavy atom. The van der Waals surface area contributed by atoms with Crippen LogP contribution in [-0.4, -0.2) is 59.6 Å². The van der Waals surface area contributed by atoms with Gasteiger partial charge >= 0.3 is 29.8 Å². The zero-order chi connectivity index (χ0) is 28.4. The van der Waals surface area contributed by atoms with Crippen molar-refractivity contribution in [2.75, 3.05) is 0 Å². The lowest BCUT2D eigenvalue weighted by atomic mass is 9.53. The molecule has 6 saturated carbocycles. The summed E-state index contributed by atoms with van der Waals surface area (Å²) >= 11 is 0. The van der Waals surface area contributed by atoms with E-state index in [1.807, 2.05) is 0 Å². The largest absolute Gasteiger partial charge is 0.458 e. The van der Waals surface area contributed by atoms with Gasteiger partial charge in [0.15, 0.2) is 6.10 Å². The number of ketones is 1. The van der Waals surface area contributed by atoms with Gasteiger partial charge in [-0.3, -0.25) is 14.4 Å². The van der Waals surface area contributed by atoms with Gasteiger partial charge in [0.05, 0.1) is 12.3 Å². The van der Waals surface area contributed by atoms with Gasteiger partial charge in [0.1, 0.15) is 18.0 Å². The molecule has 0 N–H and O–H groups in total. The van der Waals surface area contributed by atoms with Crippen LogP contribution in [0, 0.1) is 47.3 Å². The van der Waals surface area contributed by atoms with Crippen molar-refractivity contribution in [3.8, 4) is 0 Å². The van der Waals surface area contributed by atoms with E-state index in [1.54, 1.807) is 0 Å². The fraction of sp³-hybridized carbons (Fsp3) is 0.857. The number of carbonyl (C=O) groups is 4. The molecule has 0 amide bonds. The summed E-state index contributed by atoms with van der Waals surface area (Å²) in [5.74, 6) is -14.0. The molecule has 6 bridgehead atoms. The molecule has 7 unspecified atom stereocenters. The van der Waals surface area contributed by atoms with Crippen molar-refractivity contribution < 1.29 is 55.7 Å². The third-order valence-corrected chi connectivity index (χ3v) is 11.0. The van der Waals surface area contributed by atoms with E-state index in [2.05, 4.69) is 0 Å². The average molecular weight is 573 g/mol. The van der Waals surface area contributed by atoms with E-state index in [-0.39, 0.29) is 18.8 Å². The Morgan fingerprint density at radius 3 is 2.23 bits per heavy atom. The number of carbonyl (C=O) groups excluding carboxylic acids is 4. The van der Waals surface area contributed by atoms with Crippen LogP contribution in [0.1, 0.15) is 64.7 Å². The van der Waals surface area contributed by atoms with Gasteiger partial charge < -0.3 is 18.9 Å². The molecule has 2 saturated heterocycles. The van der Waals surface area contributed by atoms with E-state index in [1.165, 1.54) is 6.42 Å². The fourth-order valence-corrected chi connectivity index (χ4v) is 9.45. The zero-order valence-electron chi connectivity index (χ0n) is 22.0. The third kappa shape index (κ3) is 3.79. The molecule has 1 spiro atoms. The van der Waals surface area contributed by atoms with E-state index >= 15 is 0 Å². The summed E-state index contributed by atoms with van der Waals surface area (Å²) in [5, 5.41) is 0. The smallest absolute Gasteiger partial charge is 0.338 e. The third-order valence-electron chi connectivity index (χ3n) is 11.0. The number of hydrogen-bond donors (Lipinski definition) is 0. The highest BCUT2D eigenvalue weighted by atomic mass is 19.3. The molecular formula is C28H32F4O8. The zero-order valence-corrected chi connectivity index (χ0v) is 22.0. The monoisotopic (exact) mass is 572 g/mol. The molecule has 8 aliphatic rings. The van der Waals surface area contributed by atoms with Crippen molar-refractivity contribution >= 4 is 23.7 Å². The highest BCUT2D eigenvalue weighted by Gasteiger charge is 2.70. The Labute approximate surface area is 227 Å². The summed E-state index contributed by atoms with van der Waals surface area (Å²) in [4.78, 5) is 51.4. The highest BCUT2D eigenvalue weighted by Crippen LogP contribution is 2.62. The molecule has 2 heterocycles. The number of hydrogen-bond acceptors (Lipinski definition) is 8. The predicted molar refractivity (Wildman–Crippen MR) is 124 cm³/mol. The van der Waals surface area contributed by atoms with Crippen LogP contribution in [0.5, 0.6) is 0 Å². The second-order valence-corrected chi connectivity index (χ2v) is 13.3. The number of rotatable bonds is 8. The predicted octanol–water partition coefficient (Wildman–Crippen LogP) is 3.83. The standard InChI is InChI=1S/C28H32F4O8/c1-26(29,30)27(31,32)3-2-17(33)20-15-9-16-21(20)25(36)38-23(16)22(15)37-19(34)10-18-24(35)40-28(39-18)13-5-11-4-12(7-13)8-14(28)6-11/h11-16,18,20-23H,2-10H2,1H3. The van der Waals surface area contributed by atoms with Crippen molar-refractivity contribution in [3.63, 3.8) is 0 Å². The second kappa shape index (κ2) is 8.64. The molecule has 0 aromatic heterocycles. The van der Waals surface area contributed by atoms with Crippen LogP contribution in [0.4, 0.5) is 17.6 Å². The molecule has 7 atom stereocenters. The molecule has 0 aromatic rings. The number of Topliss-reactive ketones (excluding diaryl/α,β-unsaturated/α-hetero) is 1. The summed E-state index contributed by atoms with van der Waals surface area (Å²) < 4.78 is 77.3. The van der Waals surface area contributed by atoms with Gasteiger partial charge in [-0.15, -0.1) is 0 Å². The first kappa shape index (κ1) is 26.6. The Hall–Kier alpha value is -2.24. The first-order chi connectivity index (χ1) is 18.8. The van der Waals surface area contributed by atoms with Gasteiger partial charge in [-0.25, -0.2) is 13.6 Å². The summed E-state index contributed by atoms with van der Waals surface area (Å²) in [7, 11) is 0. The molecule has 8 fully saturated rings. The lowest BCUT2D eigenvalue weighted by Gasteiger charge is -2.57. The van der Waals surface area contributed by atoms with Crippen LogP contribution >= 0.6 is 0 Å². The highest BCUT2D eigenvalue weighted by molar-refractivity contribution is 5.90. The molecule has 0 aromatic carbocycles. The Bertz CT molecular complexity index is 1120. The summed E-state index contributed by atoms with van der Waals surface area (Å²) in [6.45, 7) is 0.0954.